The maximum atomic E-state index is 10.6. The smallest absolute Gasteiger partial charge is 0.258 e. The third-order valence-corrected chi connectivity index (χ3v) is 6.26. The van der Waals surface area contributed by atoms with E-state index in [1.54, 1.807) is 18.2 Å². The first kappa shape index (κ1) is 21.5. The summed E-state index contributed by atoms with van der Waals surface area (Å²) in [5.74, 6) is 0.571. The van der Waals surface area contributed by atoms with Gasteiger partial charge in [-0.05, 0) is 52.5 Å². The van der Waals surface area contributed by atoms with E-state index in [1.165, 1.54) is 12.1 Å². The molecule has 0 bridgehead atoms. The molecule has 0 amide bonds. The summed E-state index contributed by atoms with van der Waals surface area (Å²) in [6, 6.07) is 9.42. The first-order chi connectivity index (χ1) is 14.2. The molecule has 9 nitrogen and oxygen atoms in total. The molecule has 0 N–H and O–H groups in total. The maximum absolute atomic E-state index is 10.6. The number of nitro groups is 2. The fourth-order valence-corrected chi connectivity index (χ4v) is 4.34. The molecule has 4 atom stereocenters. The van der Waals surface area contributed by atoms with E-state index >= 15 is 0 Å². The molecule has 0 aliphatic heterocycles. The third-order valence-electron chi connectivity index (χ3n) is 5.59. The molecule has 0 radical (unpaired) electrons. The van der Waals surface area contributed by atoms with E-state index in [1.807, 2.05) is 13.0 Å². The van der Waals surface area contributed by atoms with Crippen LogP contribution in [-0.2, 0) is 12.8 Å². The van der Waals surface area contributed by atoms with Crippen molar-refractivity contribution < 1.29 is 9.85 Å². The monoisotopic (exact) mass is 429 g/mol. The Balaban J connectivity index is 0.000000172. The zero-order valence-electron chi connectivity index (χ0n) is 16.4. The number of non-ortho nitro benzene ring substituents is 2. The molecule has 2 aromatic rings. The van der Waals surface area contributed by atoms with Gasteiger partial charge in [-0.2, -0.15) is 0 Å². The Morgan fingerprint density at radius 2 is 1.47 bits per heavy atom. The summed E-state index contributed by atoms with van der Waals surface area (Å²) < 4.78 is 0. The van der Waals surface area contributed by atoms with Crippen LogP contribution in [0.2, 0.25) is 0 Å². The number of benzene rings is 2. The second-order valence-corrected chi connectivity index (χ2v) is 8.16. The average Bonchev–Trinajstić information content (AvgIpc) is 3.17. The van der Waals surface area contributed by atoms with E-state index in [0.717, 1.165) is 35.1 Å². The Kier molecular flexibility index (Phi) is 6.24. The van der Waals surface area contributed by atoms with Crippen LogP contribution in [0.25, 0.3) is 10.4 Å². The lowest BCUT2D eigenvalue weighted by Gasteiger charge is -2.08. The van der Waals surface area contributed by atoms with Crippen molar-refractivity contribution in [3.63, 3.8) is 0 Å². The van der Waals surface area contributed by atoms with Crippen molar-refractivity contribution in [3.05, 3.63) is 89.3 Å². The molecule has 0 aromatic heterocycles. The van der Waals surface area contributed by atoms with Gasteiger partial charge in [0.2, 0.25) is 0 Å². The highest BCUT2D eigenvalue weighted by molar-refractivity contribution is 6.21. The summed E-state index contributed by atoms with van der Waals surface area (Å²) >= 11 is 6.15. The van der Waals surface area contributed by atoms with Gasteiger partial charge in [-0.3, -0.25) is 20.2 Å². The van der Waals surface area contributed by atoms with Crippen molar-refractivity contribution in [1.29, 1.82) is 0 Å². The van der Waals surface area contributed by atoms with Crippen molar-refractivity contribution in [1.82, 2.24) is 0 Å². The van der Waals surface area contributed by atoms with Crippen LogP contribution in [0.15, 0.2) is 41.5 Å². The largest absolute Gasteiger partial charge is 0.269 e. The fourth-order valence-electron chi connectivity index (χ4n) is 4.05. The lowest BCUT2D eigenvalue weighted by atomic mass is 10.0. The van der Waals surface area contributed by atoms with Crippen molar-refractivity contribution in [2.75, 3.05) is 0 Å². The zero-order chi connectivity index (χ0) is 22.0. The summed E-state index contributed by atoms with van der Waals surface area (Å²) in [6.07, 6.45) is 1.72. The molecule has 4 unspecified atom stereocenters. The summed E-state index contributed by atoms with van der Waals surface area (Å²) in [5, 5.41) is 24.8. The highest BCUT2D eigenvalue weighted by atomic mass is 35.5. The van der Waals surface area contributed by atoms with Gasteiger partial charge in [-0.15, -0.1) is 11.6 Å². The van der Waals surface area contributed by atoms with Gasteiger partial charge < -0.3 is 0 Å². The Morgan fingerprint density at radius 1 is 0.967 bits per heavy atom. The van der Waals surface area contributed by atoms with Gasteiger partial charge in [0.25, 0.3) is 11.4 Å². The molecule has 2 aromatic carbocycles. The van der Waals surface area contributed by atoms with Crippen LogP contribution in [0.1, 0.15) is 47.5 Å². The molecule has 0 fully saturated rings. The van der Waals surface area contributed by atoms with Gasteiger partial charge >= 0.3 is 0 Å². The summed E-state index contributed by atoms with van der Waals surface area (Å²) in [5.41, 5.74) is 12.5. The number of azide groups is 1. The molecule has 0 saturated heterocycles. The molecule has 0 saturated carbocycles. The van der Waals surface area contributed by atoms with Gasteiger partial charge in [-0.25, -0.2) is 0 Å². The minimum atomic E-state index is -0.434. The first-order valence-electron chi connectivity index (χ1n) is 9.45. The molecular formula is C20H20ClN5O4. The first-order valence-corrected chi connectivity index (χ1v) is 9.89. The second kappa shape index (κ2) is 8.69. The molecule has 4 rings (SSSR count). The van der Waals surface area contributed by atoms with Crippen LogP contribution in [0.4, 0.5) is 11.4 Å². The second-order valence-electron chi connectivity index (χ2n) is 7.69. The predicted molar refractivity (Wildman–Crippen MR) is 112 cm³/mol. The standard InChI is InChI=1S/C10H10ClNO2.C10H10N4O2/c1-6-4-7-2-3-8(12(13)14)5-9(7)10(6)11;1-6-4-7-2-3-8(14(15)16)5-9(7)10(6)12-13-11/h2-3,5-6,10H,4H2,1H3;2-3,5-6,10H,4H2,1H3. The maximum Gasteiger partial charge on any atom is 0.269 e. The van der Waals surface area contributed by atoms with Crippen molar-refractivity contribution >= 4 is 23.0 Å². The number of nitrogens with zero attached hydrogens (tertiary/aromatic N) is 5. The molecule has 30 heavy (non-hydrogen) atoms. The number of halogens is 1. The molecule has 2 aliphatic rings. The van der Waals surface area contributed by atoms with E-state index in [-0.39, 0.29) is 33.6 Å². The normalized spacial score (nSPS) is 23.4. The van der Waals surface area contributed by atoms with Crippen LogP contribution in [0, 0.1) is 32.1 Å². The lowest BCUT2D eigenvalue weighted by Crippen LogP contribution is -1.99. The van der Waals surface area contributed by atoms with Gasteiger partial charge in [0.15, 0.2) is 0 Å². The van der Waals surface area contributed by atoms with E-state index < -0.39 is 4.92 Å². The van der Waals surface area contributed by atoms with E-state index in [9.17, 15) is 20.2 Å². The van der Waals surface area contributed by atoms with Gasteiger partial charge in [0.05, 0.1) is 21.3 Å². The number of alkyl halides is 1. The van der Waals surface area contributed by atoms with Gasteiger partial charge in [0.1, 0.15) is 0 Å². The zero-order valence-corrected chi connectivity index (χ0v) is 17.2. The SMILES string of the molecule is CC1Cc2ccc([N+](=O)[O-])cc2C1Cl.CC1Cc2ccc([N+](=O)[O-])cc2C1N=[N+]=[N-]. The molecule has 156 valence electrons. The Morgan fingerprint density at radius 3 is 2.00 bits per heavy atom. The summed E-state index contributed by atoms with van der Waals surface area (Å²) in [7, 11) is 0. The molecule has 2 aliphatic carbocycles. The Hall–Kier alpha value is -3.16. The van der Waals surface area contributed by atoms with Crippen LogP contribution >= 0.6 is 11.6 Å². The van der Waals surface area contributed by atoms with Crippen molar-refractivity contribution in [2.45, 2.75) is 38.1 Å². The van der Waals surface area contributed by atoms with Crippen LogP contribution < -0.4 is 0 Å². The summed E-state index contributed by atoms with van der Waals surface area (Å²) in [6.45, 7) is 4.04. The Bertz CT molecular complexity index is 1050. The third kappa shape index (κ3) is 4.22. The minimum absolute atomic E-state index is 0.0472. The number of hydrogen-bond acceptors (Lipinski definition) is 5. The average molecular weight is 430 g/mol. The van der Waals surface area contributed by atoms with E-state index in [0.29, 0.717) is 5.92 Å². The predicted octanol–water partition coefficient (Wildman–Crippen LogP) is 6.21. The topological polar surface area (TPSA) is 135 Å². The number of hydrogen-bond donors (Lipinski definition) is 0. The van der Waals surface area contributed by atoms with Crippen LogP contribution in [0.5, 0.6) is 0 Å². The van der Waals surface area contributed by atoms with E-state index in [4.69, 9.17) is 17.1 Å². The number of nitro benzene ring substituents is 2. The Labute approximate surface area is 177 Å². The van der Waals surface area contributed by atoms with Crippen LogP contribution in [0.3, 0.4) is 0 Å². The van der Waals surface area contributed by atoms with E-state index in [2.05, 4.69) is 16.9 Å². The molecule has 10 heteroatoms. The molecular weight excluding hydrogens is 410 g/mol. The number of rotatable bonds is 3. The van der Waals surface area contributed by atoms with Gasteiger partial charge in [0, 0.05) is 29.2 Å². The quantitative estimate of drug-likeness (QED) is 0.143. The molecule has 0 spiro atoms. The van der Waals surface area contributed by atoms with Crippen molar-refractivity contribution in [2.24, 2.45) is 17.0 Å². The summed E-state index contributed by atoms with van der Waals surface area (Å²) in [4.78, 5) is 23.2. The minimum Gasteiger partial charge on any atom is -0.258 e. The van der Waals surface area contributed by atoms with Crippen LogP contribution in [-0.4, -0.2) is 9.85 Å². The fraction of sp³-hybridized carbons (Fsp3) is 0.400. The lowest BCUT2D eigenvalue weighted by molar-refractivity contribution is -0.385. The van der Waals surface area contributed by atoms with Gasteiger partial charge in [-0.1, -0.05) is 31.1 Å². The highest BCUT2D eigenvalue weighted by Gasteiger charge is 2.30. The number of fused-ring (bicyclic) bond motifs is 2. The van der Waals surface area contributed by atoms with Crippen molar-refractivity contribution in [3.8, 4) is 0 Å². The molecule has 0 heterocycles. The highest BCUT2D eigenvalue weighted by Crippen LogP contribution is 2.42.